The molecule has 1 aliphatic rings. The molecule has 40 heavy (non-hydrogen) atoms. The second-order valence-corrected chi connectivity index (χ2v) is 10.9. The molecule has 206 valence electrons. The zero-order valence-electron chi connectivity index (χ0n) is 22.4. The maximum Gasteiger partial charge on any atom is 0.282 e. The Balaban J connectivity index is 1.54. The van der Waals surface area contributed by atoms with Gasteiger partial charge in [0, 0.05) is 16.0 Å². The zero-order chi connectivity index (χ0) is 28.1. The number of allylic oxidation sites excluding steroid dienone is 1. The number of fused-ring (bicyclic) bond motifs is 1. The van der Waals surface area contributed by atoms with Gasteiger partial charge in [0.1, 0.15) is 18.2 Å². The number of methoxy groups -OCH3 is 1. The first-order chi connectivity index (χ1) is 19.5. The van der Waals surface area contributed by atoms with Gasteiger partial charge in [-0.25, -0.2) is 9.37 Å². The molecule has 1 aliphatic carbocycles. The predicted octanol–water partition coefficient (Wildman–Crippen LogP) is 7.54. The second-order valence-electron chi connectivity index (χ2n) is 9.95. The van der Waals surface area contributed by atoms with E-state index >= 15 is 0 Å². The van der Waals surface area contributed by atoms with E-state index in [1.165, 1.54) is 23.2 Å². The van der Waals surface area contributed by atoms with E-state index in [1.807, 2.05) is 30.3 Å². The van der Waals surface area contributed by atoms with Crippen LogP contribution in [0, 0.1) is 5.82 Å². The lowest BCUT2D eigenvalue weighted by atomic mass is 9.88. The zero-order valence-corrected chi connectivity index (χ0v) is 24.0. The first kappa shape index (κ1) is 27.8. The van der Waals surface area contributed by atoms with E-state index in [4.69, 9.17) is 14.5 Å². The van der Waals surface area contributed by atoms with Gasteiger partial charge in [0.2, 0.25) is 0 Å². The quantitative estimate of drug-likeness (QED) is 0.146. The van der Waals surface area contributed by atoms with Crippen LogP contribution in [-0.2, 0) is 13.0 Å². The van der Waals surface area contributed by atoms with E-state index in [-0.39, 0.29) is 23.9 Å². The third-order valence-electron chi connectivity index (χ3n) is 7.14. The average Bonchev–Trinajstić information content (AvgIpc) is 2.96. The lowest BCUT2D eigenvalue weighted by molar-refractivity contribution is 0.281. The Hall–Kier alpha value is -3.78. The molecule has 4 aromatic rings. The van der Waals surface area contributed by atoms with E-state index in [1.54, 1.807) is 31.5 Å². The summed E-state index contributed by atoms with van der Waals surface area (Å²) in [5.74, 6) is 1.63. The minimum absolute atomic E-state index is 0.177. The van der Waals surface area contributed by atoms with Gasteiger partial charge in [-0.05, 0) is 72.9 Å². The van der Waals surface area contributed by atoms with Crippen LogP contribution in [-0.4, -0.2) is 23.0 Å². The van der Waals surface area contributed by atoms with Gasteiger partial charge in [-0.1, -0.05) is 53.4 Å². The van der Waals surface area contributed by atoms with Crippen LogP contribution in [0.2, 0.25) is 0 Å². The molecule has 8 heteroatoms. The summed E-state index contributed by atoms with van der Waals surface area (Å²) in [6, 6.07) is 15.6. The summed E-state index contributed by atoms with van der Waals surface area (Å²) in [5.41, 5.74) is 2.77. The number of rotatable bonds is 9. The van der Waals surface area contributed by atoms with Crippen molar-refractivity contribution in [3.63, 3.8) is 0 Å². The molecule has 0 N–H and O–H groups in total. The van der Waals surface area contributed by atoms with Crippen molar-refractivity contribution in [3.8, 4) is 11.5 Å². The molecule has 0 unspecified atom stereocenters. The van der Waals surface area contributed by atoms with Crippen LogP contribution in [0.15, 0.2) is 81.6 Å². The largest absolute Gasteiger partial charge is 0.493 e. The molecule has 1 aromatic heterocycles. The van der Waals surface area contributed by atoms with Crippen molar-refractivity contribution in [2.75, 3.05) is 7.11 Å². The van der Waals surface area contributed by atoms with Crippen LogP contribution in [0.5, 0.6) is 11.5 Å². The Kier molecular flexibility index (Phi) is 8.75. The smallest absolute Gasteiger partial charge is 0.282 e. The van der Waals surface area contributed by atoms with Gasteiger partial charge < -0.3 is 9.47 Å². The number of hydrogen-bond donors (Lipinski definition) is 0. The number of nitrogens with zero attached hydrogens (tertiary/aromatic N) is 3. The van der Waals surface area contributed by atoms with Gasteiger partial charge in [0.05, 0.1) is 24.2 Å². The van der Waals surface area contributed by atoms with E-state index in [9.17, 15) is 9.18 Å². The van der Waals surface area contributed by atoms with Gasteiger partial charge in [0.25, 0.3) is 5.56 Å². The number of hydrogen-bond acceptors (Lipinski definition) is 5. The van der Waals surface area contributed by atoms with Gasteiger partial charge in [0.15, 0.2) is 11.5 Å². The van der Waals surface area contributed by atoms with Gasteiger partial charge >= 0.3 is 0 Å². The highest BCUT2D eigenvalue weighted by atomic mass is 79.9. The highest BCUT2D eigenvalue weighted by Crippen LogP contribution is 2.35. The number of halogens is 2. The minimum atomic E-state index is -0.315. The third kappa shape index (κ3) is 6.17. The normalized spacial score (nSPS) is 14.1. The van der Waals surface area contributed by atoms with Crippen LogP contribution in [0.3, 0.4) is 0 Å². The van der Waals surface area contributed by atoms with Crippen LogP contribution in [0.4, 0.5) is 4.39 Å². The molecule has 1 heterocycles. The molecule has 0 radical (unpaired) electrons. The fourth-order valence-corrected chi connectivity index (χ4v) is 5.55. The lowest BCUT2D eigenvalue weighted by Crippen LogP contribution is -2.25. The van der Waals surface area contributed by atoms with Crippen molar-refractivity contribution < 1.29 is 13.9 Å². The summed E-state index contributed by atoms with van der Waals surface area (Å²) in [5, 5.41) is 5.19. The first-order valence-corrected chi connectivity index (χ1v) is 14.2. The Morgan fingerprint density at radius 3 is 2.73 bits per heavy atom. The molecule has 1 fully saturated rings. The van der Waals surface area contributed by atoms with E-state index in [0.717, 1.165) is 41.3 Å². The molecule has 5 rings (SSSR count). The Labute approximate surface area is 241 Å². The fraction of sp³-hybridized carbons (Fsp3) is 0.281. The lowest BCUT2D eigenvalue weighted by Gasteiger charge is -2.22. The third-order valence-corrected chi connectivity index (χ3v) is 7.63. The van der Waals surface area contributed by atoms with Crippen molar-refractivity contribution in [2.24, 2.45) is 5.10 Å². The molecular formula is C32H31BrFN3O3. The van der Waals surface area contributed by atoms with Gasteiger partial charge in [-0.15, -0.1) is 6.58 Å². The summed E-state index contributed by atoms with van der Waals surface area (Å²) < 4.78 is 27.7. The predicted molar refractivity (Wildman–Crippen MR) is 160 cm³/mol. The highest BCUT2D eigenvalue weighted by molar-refractivity contribution is 9.10. The SMILES string of the molecule is C=CCc1cc(C=Nn2c(C3CCCCC3)nc3ccc(Br)cc3c2=O)cc(OC)c1OCc1cccc(F)c1. The number of benzene rings is 3. The Morgan fingerprint density at radius 1 is 1.15 bits per heavy atom. The number of aromatic nitrogens is 2. The van der Waals surface area contributed by atoms with Gasteiger partial charge in [-0.3, -0.25) is 4.79 Å². The van der Waals surface area contributed by atoms with E-state index < -0.39 is 0 Å². The molecule has 0 aliphatic heterocycles. The second kappa shape index (κ2) is 12.6. The van der Waals surface area contributed by atoms with Crippen molar-refractivity contribution >= 4 is 33.0 Å². The number of ether oxygens (including phenoxy) is 2. The van der Waals surface area contributed by atoms with Crippen LogP contribution < -0.4 is 15.0 Å². The summed E-state index contributed by atoms with van der Waals surface area (Å²) >= 11 is 3.47. The van der Waals surface area contributed by atoms with Crippen molar-refractivity contribution in [1.29, 1.82) is 0 Å². The molecule has 6 nitrogen and oxygen atoms in total. The monoisotopic (exact) mass is 603 g/mol. The molecule has 0 bridgehead atoms. The maximum absolute atomic E-state index is 13.7. The molecule has 0 saturated heterocycles. The average molecular weight is 605 g/mol. The maximum atomic E-state index is 13.7. The standard InChI is InChI=1S/C32H31BrFN3O3/c1-3-8-24-15-22(17-29(39-2)30(24)40-20-21-9-7-12-26(34)16-21)19-35-37-31(23-10-5-4-6-11-23)36-28-14-13-25(33)18-27(28)32(37)38/h3,7,9,12-19,23H,1,4-6,8,10-11,20H2,2H3. The summed E-state index contributed by atoms with van der Waals surface area (Å²) in [6.07, 6.45) is 9.35. The van der Waals surface area contributed by atoms with Crippen molar-refractivity contribution in [3.05, 3.63) is 110 Å². The van der Waals surface area contributed by atoms with Crippen molar-refractivity contribution in [2.45, 2.75) is 51.0 Å². The summed E-state index contributed by atoms with van der Waals surface area (Å²) in [7, 11) is 1.57. The first-order valence-electron chi connectivity index (χ1n) is 13.4. The topological polar surface area (TPSA) is 65.7 Å². The summed E-state index contributed by atoms with van der Waals surface area (Å²) in [6.45, 7) is 4.06. The summed E-state index contributed by atoms with van der Waals surface area (Å²) in [4.78, 5) is 18.6. The highest BCUT2D eigenvalue weighted by Gasteiger charge is 2.22. The molecule has 0 spiro atoms. The van der Waals surface area contributed by atoms with Crippen LogP contribution in [0.25, 0.3) is 10.9 Å². The van der Waals surface area contributed by atoms with E-state index in [0.29, 0.717) is 40.2 Å². The van der Waals surface area contributed by atoms with Crippen molar-refractivity contribution in [1.82, 2.24) is 9.66 Å². The molecule has 0 amide bonds. The fourth-order valence-electron chi connectivity index (χ4n) is 5.19. The molecule has 1 saturated carbocycles. The minimum Gasteiger partial charge on any atom is -0.493 e. The molecule has 3 aromatic carbocycles. The van der Waals surface area contributed by atoms with Crippen LogP contribution >= 0.6 is 15.9 Å². The van der Waals surface area contributed by atoms with Gasteiger partial charge in [-0.2, -0.15) is 9.78 Å². The van der Waals surface area contributed by atoms with E-state index in [2.05, 4.69) is 27.6 Å². The Morgan fingerprint density at radius 2 is 1.98 bits per heavy atom. The Bertz CT molecular complexity index is 1630. The molecular weight excluding hydrogens is 573 g/mol. The van der Waals surface area contributed by atoms with Crippen LogP contribution in [0.1, 0.15) is 60.5 Å². The molecule has 0 atom stereocenters.